The van der Waals surface area contributed by atoms with Crippen LogP contribution in [-0.2, 0) is 6.42 Å². The largest absolute Gasteiger partial charge is 0.507 e. The van der Waals surface area contributed by atoms with Crippen LogP contribution in [0.4, 0.5) is 0 Å². The highest BCUT2D eigenvalue weighted by molar-refractivity contribution is 6.03. The molecule has 0 saturated heterocycles. The molecule has 3 rings (SSSR count). The van der Waals surface area contributed by atoms with E-state index in [1.807, 2.05) is 19.1 Å². The number of allylic oxidation sites excluding steroid dienone is 3. The number of carbonyl (C=O) groups excluding carboxylic acids is 1. The fraction of sp³-hybridized carbons (Fsp3) is 0.346. The number of aromatic hydroxyl groups is 3. The van der Waals surface area contributed by atoms with E-state index >= 15 is 0 Å². The molecule has 33 heavy (non-hydrogen) atoms. The Morgan fingerprint density at radius 1 is 1.21 bits per heavy atom. The number of aliphatic hydroxyl groups is 1. The molecule has 0 fully saturated rings. The number of phenolic OH excluding ortho intramolecular Hbond substituents is 3. The van der Waals surface area contributed by atoms with Gasteiger partial charge in [-0.15, -0.1) is 0 Å². The van der Waals surface area contributed by atoms with Gasteiger partial charge in [0.2, 0.25) is 0 Å². The SMILES string of the molecule is COc1cc([C@@H]2CC(=O)c3c(cc(O)c(CC=C(C)CC=CC(C)(C)O)c3O)O2)ccc1O. The van der Waals surface area contributed by atoms with E-state index in [2.05, 4.69) is 0 Å². The van der Waals surface area contributed by atoms with Gasteiger partial charge in [0.25, 0.3) is 0 Å². The van der Waals surface area contributed by atoms with Crippen molar-refractivity contribution < 1.29 is 34.7 Å². The van der Waals surface area contributed by atoms with Crippen molar-refractivity contribution in [2.75, 3.05) is 7.11 Å². The minimum absolute atomic E-state index is 0.00465. The first-order valence-corrected chi connectivity index (χ1v) is 10.7. The fourth-order valence-electron chi connectivity index (χ4n) is 3.67. The molecule has 0 aromatic heterocycles. The van der Waals surface area contributed by atoms with E-state index in [9.17, 15) is 25.2 Å². The summed E-state index contributed by atoms with van der Waals surface area (Å²) in [6.07, 6.45) is 5.61. The summed E-state index contributed by atoms with van der Waals surface area (Å²) in [6.45, 7) is 5.28. The Morgan fingerprint density at radius 2 is 1.94 bits per heavy atom. The summed E-state index contributed by atoms with van der Waals surface area (Å²) in [5, 5.41) is 40.8. The summed E-state index contributed by atoms with van der Waals surface area (Å²) < 4.78 is 11.1. The van der Waals surface area contributed by atoms with Crippen molar-refractivity contribution in [3.63, 3.8) is 0 Å². The van der Waals surface area contributed by atoms with Gasteiger partial charge in [0.15, 0.2) is 17.3 Å². The second-order valence-corrected chi connectivity index (χ2v) is 8.78. The number of hydrogen-bond donors (Lipinski definition) is 4. The van der Waals surface area contributed by atoms with Gasteiger partial charge in [-0.3, -0.25) is 4.79 Å². The molecule has 1 atom stereocenters. The third-order valence-electron chi connectivity index (χ3n) is 5.46. The van der Waals surface area contributed by atoms with Crippen molar-refractivity contribution in [1.29, 1.82) is 0 Å². The van der Waals surface area contributed by atoms with Gasteiger partial charge in [-0.05, 0) is 51.3 Å². The topological polar surface area (TPSA) is 116 Å². The van der Waals surface area contributed by atoms with Crippen molar-refractivity contribution in [2.45, 2.75) is 51.7 Å². The Morgan fingerprint density at radius 3 is 2.61 bits per heavy atom. The first-order valence-electron chi connectivity index (χ1n) is 10.7. The average Bonchev–Trinajstić information content (AvgIpc) is 2.72. The molecule has 0 aliphatic carbocycles. The maximum Gasteiger partial charge on any atom is 0.174 e. The van der Waals surface area contributed by atoms with E-state index in [1.165, 1.54) is 19.2 Å². The van der Waals surface area contributed by atoms with Crippen molar-refractivity contribution in [3.05, 3.63) is 64.8 Å². The Hall–Kier alpha value is -3.45. The molecule has 0 unspecified atom stereocenters. The van der Waals surface area contributed by atoms with Crippen LogP contribution < -0.4 is 9.47 Å². The van der Waals surface area contributed by atoms with Crippen molar-refractivity contribution >= 4 is 5.78 Å². The van der Waals surface area contributed by atoms with Gasteiger partial charge in [-0.25, -0.2) is 0 Å². The second kappa shape index (κ2) is 9.58. The first kappa shape index (κ1) is 24.2. The number of rotatable bonds is 7. The molecule has 2 aromatic rings. The third kappa shape index (κ3) is 5.68. The lowest BCUT2D eigenvalue weighted by atomic mass is 9.92. The van der Waals surface area contributed by atoms with Crippen LogP contribution in [-0.4, -0.2) is 38.9 Å². The molecule has 7 nitrogen and oxygen atoms in total. The highest BCUT2D eigenvalue weighted by Crippen LogP contribution is 2.45. The maximum absolute atomic E-state index is 12.9. The van der Waals surface area contributed by atoms with Crippen LogP contribution in [0.2, 0.25) is 0 Å². The zero-order valence-corrected chi connectivity index (χ0v) is 19.3. The number of carbonyl (C=O) groups is 1. The number of methoxy groups -OCH3 is 1. The minimum Gasteiger partial charge on any atom is -0.507 e. The van der Waals surface area contributed by atoms with E-state index < -0.39 is 11.7 Å². The van der Waals surface area contributed by atoms with Crippen LogP contribution in [0.15, 0.2) is 48.1 Å². The molecule has 1 aliphatic rings. The van der Waals surface area contributed by atoms with Crippen LogP contribution in [0.25, 0.3) is 0 Å². The van der Waals surface area contributed by atoms with Gasteiger partial charge in [0.1, 0.15) is 28.9 Å². The second-order valence-electron chi connectivity index (χ2n) is 8.78. The highest BCUT2D eigenvalue weighted by Gasteiger charge is 2.33. The monoisotopic (exact) mass is 454 g/mol. The molecule has 0 saturated carbocycles. The zero-order valence-electron chi connectivity index (χ0n) is 19.3. The lowest BCUT2D eigenvalue weighted by molar-refractivity contribution is 0.0844. The molecule has 0 amide bonds. The van der Waals surface area contributed by atoms with Gasteiger partial charge in [0, 0.05) is 11.6 Å². The molecule has 0 bridgehead atoms. The molecular weight excluding hydrogens is 424 g/mol. The number of phenols is 3. The van der Waals surface area contributed by atoms with Crippen molar-refractivity contribution in [2.24, 2.45) is 0 Å². The molecule has 7 heteroatoms. The molecule has 176 valence electrons. The number of fused-ring (bicyclic) bond motifs is 1. The van der Waals surface area contributed by atoms with Crippen LogP contribution in [0, 0.1) is 0 Å². The van der Waals surface area contributed by atoms with Crippen LogP contribution in [0.3, 0.4) is 0 Å². The smallest absolute Gasteiger partial charge is 0.174 e. The Balaban J connectivity index is 1.83. The van der Waals surface area contributed by atoms with Gasteiger partial charge in [-0.2, -0.15) is 0 Å². The highest BCUT2D eigenvalue weighted by atomic mass is 16.5. The van der Waals surface area contributed by atoms with Gasteiger partial charge >= 0.3 is 0 Å². The maximum atomic E-state index is 12.9. The number of hydrogen-bond acceptors (Lipinski definition) is 7. The van der Waals surface area contributed by atoms with Gasteiger partial charge in [-0.1, -0.05) is 29.9 Å². The van der Waals surface area contributed by atoms with E-state index in [1.54, 1.807) is 32.1 Å². The number of ketones is 1. The summed E-state index contributed by atoms with van der Waals surface area (Å²) in [7, 11) is 1.43. The third-order valence-corrected chi connectivity index (χ3v) is 5.46. The van der Waals surface area contributed by atoms with E-state index in [-0.39, 0.29) is 58.5 Å². The molecule has 0 radical (unpaired) electrons. The zero-order chi connectivity index (χ0) is 24.3. The minimum atomic E-state index is -0.890. The molecule has 1 heterocycles. The molecule has 4 N–H and O–H groups in total. The quantitative estimate of drug-likeness (QED) is 0.447. The summed E-state index contributed by atoms with van der Waals surface area (Å²) in [6, 6.07) is 6.03. The summed E-state index contributed by atoms with van der Waals surface area (Å²) in [5.41, 5.74) is 1.03. The predicted octanol–water partition coefficient (Wildman–Crippen LogP) is 4.72. The normalized spacial score (nSPS) is 16.6. The van der Waals surface area contributed by atoms with Gasteiger partial charge in [0.05, 0.1) is 19.1 Å². The van der Waals surface area contributed by atoms with Crippen molar-refractivity contribution in [3.8, 4) is 28.7 Å². The van der Waals surface area contributed by atoms with Crippen molar-refractivity contribution in [1.82, 2.24) is 0 Å². The fourth-order valence-corrected chi connectivity index (χ4v) is 3.67. The Labute approximate surface area is 193 Å². The molecule has 1 aliphatic heterocycles. The lowest BCUT2D eigenvalue weighted by Crippen LogP contribution is -2.21. The van der Waals surface area contributed by atoms with E-state index in [0.717, 1.165) is 5.57 Å². The standard InChI is InChI=1S/C26H30O7/c1-15(6-5-11-26(2,3)31)7-9-17-19(28)13-23-24(25(17)30)20(29)14-21(33-23)16-8-10-18(27)22(12-16)32-4/h5,7-8,10-13,21,27-28,30-31H,6,9,14H2,1-4H3/t21-/m0/s1. The number of ether oxygens (including phenoxy) is 2. The van der Waals surface area contributed by atoms with E-state index in [0.29, 0.717) is 12.0 Å². The summed E-state index contributed by atoms with van der Waals surface area (Å²) in [4.78, 5) is 12.9. The van der Waals surface area contributed by atoms with Gasteiger partial charge < -0.3 is 29.9 Å². The lowest BCUT2D eigenvalue weighted by Gasteiger charge is -2.27. The first-order chi connectivity index (χ1) is 15.5. The van der Waals surface area contributed by atoms with E-state index in [4.69, 9.17) is 9.47 Å². The Kier molecular flexibility index (Phi) is 7.03. The van der Waals surface area contributed by atoms with Crippen LogP contribution in [0.1, 0.15) is 61.2 Å². The van der Waals surface area contributed by atoms with Crippen LogP contribution >= 0.6 is 0 Å². The Bertz CT molecular complexity index is 1110. The predicted molar refractivity (Wildman–Crippen MR) is 124 cm³/mol. The summed E-state index contributed by atoms with van der Waals surface area (Å²) >= 11 is 0. The number of Topliss-reactive ketones (excluding diaryl/α,β-unsaturated/α-hetero) is 1. The molecule has 2 aromatic carbocycles. The van der Waals surface area contributed by atoms with Crippen LogP contribution in [0.5, 0.6) is 28.7 Å². The molecule has 0 spiro atoms. The summed E-state index contributed by atoms with van der Waals surface area (Å²) in [5.74, 6) is -0.416. The number of benzene rings is 2. The molecular formula is C26H30O7. The average molecular weight is 455 g/mol.